The number of methoxy groups -OCH3 is 2. The van der Waals surface area contributed by atoms with E-state index in [1.165, 1.54) is 11.3 Å². The minimum absolute atomic E-state index is 0.116. The van der Waals surface area contributed by atoms with Crippen molar-refractivity contribution in [3.63, 3.8) is 0 Å². The lowest BCUT2D eigenvalue weighted by molar-refractivity contribution is 0.0531. The van der Waals surface area contributed by atoms with Crippen LogP contribution in [0.2, 0.25) is 0 Å². The molecule has 2 aromatic rings. The van der Waals surface area contributed by atoms with Crippen LogP contribution in [0.25, 0.3) is 0 Å². The Morgan fingerprint density at radius 2 is 2.07 bits per heavy atom. The number of carbonyl (C=O) groups excluding carboxylic acids is 1. The lowest BCUT2D eigenvalue weighted by Crippen LogP contribution is -2.39. The molecule has 2 rings (SSSR count). The van der Waals surface area contributed by atoms with Gasteiger partial charge in [0.05, 0.1) is 32.6 Å². The van der Waals surface area contributed by atoms with Crippen LogP contribution < -0.4 is 20.1 Å². The van der Waals surface area contributed by atoms with Crippen LogP contribution in [0.4, 0.5) is 0 Å². The van der Waals surface area contributed by atoms with Crippen molar-refractivity contribution >= 4 is 23.3 Å². The van der Waals surface area contributed by atoms with E-state index < -0.39 is 0 Å². The topological polar surface area (TPSA) is 94.1 Å². The molecule has 0 radical (unpaired) electrons. The molecule has 0 spiro atoms. The highest BCUT2D eigenvalue weighted by molar-refractivity contribution is 7.13. The number of nitrogens with zero attached hydrogens (tertiary/aromatic N) is 2. The van der Waals surface area contributed by atoms with E-state index in [1.54, 1.807) is 28.2 Å². The van der Waals surface area contributed by atoms with Gasteiger partial charge in [0, 0.05) is 13.6 Å². The number of nitrogens with one attached hydrogen (secondary N) is 2. The molecule has 164 valence electrons. The van der Waals surface area contributed by atoms with E-state index in [2.05, 4.69) is 20.6 Å². The fourth-order valence-corrected chi connectivity index (χ4v) is 3.81. The standard InChI is InChI=1S/C21H30N4O4S/c1-7-29-20(26)18-13(2)24-19(30-18)14(3)25-21(22-4)23-11-10-15-12-16(27-5)8-9-17(15)28-6/h8-9,12,14H,7,10-11H2,1-6H3,(H2,22,23,25). The number of carbonyl (C=O) groups is 1. The minimum atomic E-state index is -0.333. The van der Waals surface area contributed by atoms with Crippen LogP contribution in [-0.2, 0) is 11.2 Å². The molecule has 30 heavy (non-hydrogen) atoms. The number of aliphatic imine (C=N–C) groups is 1. The van der Waals surface area contributed by atoms with E-state index in [9.17, 15) is 4.79 Å². The molecular formula is C21H30N4O4S. The van der Waals surface area contributed by atoms with Gasteiger partial charge in [-0.2, -0.15) is 0 Å². The number of benzene rings is 1. The molecule has 2 N–H and O–H groups in total. The molecule has 0 amide bonds. The first kappa shape index (κ1) is 23.5. The van der Waals surface area contributed by atoms with E-state index in [-0.39, 0.29) is 12.0 Å². The summed E-state index contributed by atoms with van der Waals surface area (Å²) in [5, 5.41) is 7.41. The van der Waals surface area contributed by atoms with Gasteiger partial charge in [0.25, 0.3) is 0 Å². The lowest BCUT2D eigenvalue weighted by atomic mass is 10.1. The Morgan fingerprint density at radius 3 is 2.70 bits per heavy atom. The van der Waals surface area contributed by atoms with E-state index >= 15 is 0 Å². The van der Waals surface area contributed by atoms with Crippen molar-refractivity contribution in [2.45, 2.75) is 33.2 Å². The molecule has 0 bridgehead atoms. The van der Waals surface area contributed by atoms with Crippen molar-refractivity contribution < 1.29 is 19.0 Å². The van der Waals surface area contributed by atoms with Crippen LogP contribution in [0.15, 0.2) is 23.2 Å². The predicted molar refractivity (Wildman–Crippen MR) is 119 cm³/mol. The molecule has 0 fully saturated rings. The largest absolute Gasteiger partial charge is 0.497 e. The zero-order valence-electron chi connectivity index (χ0n) is 18.4. The molecule has 1 atom stereocenters. The second-order valence-corrected chi connectivity index (χ2v) is 7.51. The lowest BCUT2D eigenvalue weighted by Gasteiger charge is -2.17. The average Bonchev–Trinajstić information content (AvgIpc) is 3.14. The van der Waals surface area contributed by atoms with E-state index in [1.807, 2.05) is 32.0 Å². The highest BCUT2D eigenvalue weighted by Crippen LogP contribution is 2.25. The van der Waals surface area contributed by atoms with Gasteiger partial charge in [-0.05, 0) is 51.0 Å². The van der Waals surface area contributed by atoms with E-state index in [0.29, 0.717) is 29.7 Å². The maximum atomic E-state index is 12.0. The molecule has 0 aliphatic carbocycles. The van der Waals surface area contributed by atoms with Gasteiger partial charge in [0.2, 0.25) is 0 Å². The summed E-state index contributed by atoms with van der Waals surface area (Å²) in [7, 11) is 5.01. The first-order chi connectivity index (χ1) is 14.4. The van der Waals surface area contributed by atoms with E-state index in [4.69, 9.17) is 14.2 Å². The van der Waals surface area contributed by atoms with Crippen LogP contribution >= 0.6 is 11.3 Å². The molecule has 0 aliphatic rings. The molecular weight excluding hydrogens is 404 g/mol. The van der Waals surface area contributed by atoms with Gasteiger partial charge in [-0.25, -0.2) is 9.78 Å². The Bertz CT molecular complexity index is 882. The summed E-state index contributed by atoms with van der Waals surface area (Å²) in [5.41, 5.74) is 1.72. The first-order valence-corrected chi connectivity index (χ1v) is 10.6. The monoisotopic (exact) mass is 434 g/mol. The summed E-state index contributed by atoms with van der Waals surface area (Å²) < 4.78 is 15.8. The number of aromatic nitrogens is 1. The average molecular weight is 435 g/mol. The van der Waals surface area contributed by atoms with Crippen molar-refractivity contribution in [3.8, 4) is 11.5 Å². The van der Waals surface area contributed by atoms with Crippen molar-refractivity contribution in [2.24, 2.45) is 4.99 Å². The number of hydrogen-bond donors (Lipinski definition) is 2. The summed E-state index contributed by atoms with van der Waals surface area (Å²) in [6, 6.07) is 5.62. The second-order valence-electron chi connectivity index (χ2n) is 6.48. The predicted octanol–water partition coefficient (Wildman–Crippen LogP) is 3.11. The molecule has 1 aromatic carbocycles. The summed E-state index contributed by atoms with van der Waals surface area (Å²) in [6.45, 7) is 6.57. The maximum absolute atomic E-state index is 12.0. The number of hydrogen-bond acceptors (Lipinski definition) is 7. The normalized spacial score (nSPS) is 12.3. The Labute approximate surface area is 181 Å². The van der Waals surface area contributed by atoms with Crippen LogP contribution in [0.5, 0.6) is 11.5 Å². The van der Waals surface area contributed by atoms with E-state index in [0.717, 1.165) is 28.5 Å². The second kappa shape index (κ2) is 11.4. The highest BCUT2D eigenvalue weighted by atomic mass is 32.1. The molecule has 9 heteroatoms. The Morgan fingerprint density at radius 1 is 1.30 bits per heavy atom. The number of guanidine groups is 1. The smallest absolute Gasteiger partial charge is 0.350 e. The fraction of sp³-hybridized carbons (Fsp3) is 0.476. The number of ether oxygens (including phenoxy) is 3. The van der Waals surface area contributed by atoms with Crippen molar-refractivity contribution in [1.29, 1.82) is 0 Å². The number of thiazole rings is 1. The van der Waals surface area contributed by atoms with Crippen LogP contribution in [0.1, 0.15) is 45.8 Å². The Balaban J connectivity index is 1.97. The van der Waals surface area contributed by atoms with Gasteiger partial charge in [-0.3, -0.25) is 4.99 Å². The molecule has 1 heterocycles. The fourth-order valence-electron chi connectivity index (χ4n) is 2.84. The van der Waals surface area contributed by atoms with Crippen LogP contribution in [0, 0.1) is 6.92 Å². The van der Waals surface area contributed by atoms with Gasteiger partial charge in [-0.1, -0.05) is 0 Å². The molecule has 8 nitrogen and oxygen atoms in total. The number of aryl methyl sites for hydroxylation is 1. The third-order valence-corrected chi connectivity index (χ3v) is 5.72. The number of rotatable bonds is 9. The molecule has 0 saturated carbocycles. The van der Waals surface area contributed by atoms with Crippen molar-refractivity contribution in [3.05, 3.63) is 39.3 Å². The van der Waals surface area contributed by atoms with Gasteiger partial charge in [0.1, 0.15) is 21.4 Å². The maximum Gasteiger partial charge on any atom is 0.350 e. The zero-order valence-corrected chi connectivity index (χ0v) is 19.2. The molecule has 1 aromatic heterocycles. The summed E-state index contributed by atoms with van der Waals surface area (Å²) in [6.07, 6.45) is 0.735. The van der Waals surface area contributed by atoms with Crippen molar-refractivity contribution in [2.75, 3.05) is 34.4 Å². The van der Waals surface area contributed by atoms with Crippen LogP contribution in [0.3, 0.4) is 0 Å². The number of esters is 1. The summed E-state index contributed by atoms with van der Waals surface area (Å²) >= 11 is 1.34. The first-order valence-electron chi connectivity index (χ1n) is 9.75. The van der Waals surface area contributed by atoms with Gasteiger partial charge in [0.15, 0.2) is 5.96 Å². The quantitative estimate of drug-likeness (QED) is 0.356. The SMILES string of the molecule is CCOC(=O)c1sc(C(C)NC(=NC)NCCc2cc(OC)ccc2OC)nc1C. The Kier molecular flexibility index (Phi) is 8.91. The minimum Gasteiger partial charge on any atom is -0.497 e. The zero-order chi connectivity index (χ0) is 22.1. The van der Waals surface area contributed by atoms with Crippen molar-refractivity contribution in [1.82, 2.24) is 15.6 Å². The van der Waals surface area contributed by atoms with Gasteiger partial charge >= 0.3 is 5.97 Å². The molecule has 1 unspecified atom stereocenters. The third kappa shape index (κ3) is 6.09. The summed E-state index contributed by atoms with van der Waals surface area (Å²) in [5.74, 6) is 1.92. The highest BCUT2D eigenvalue weighted by Gasteiger charge is 2.20. The summed E-state index contributed by atoms with van der Waals surface area (Å²) in [4.78, 5) is 21.4. The molecule has 0 aliphatic heterocycles. The third-order valence-electron chi connectivity index (χ3n) is 4.40. The van der Waals surface area contributed by atoms with Gasteiger partial charge < -0.3 is 24.8 Å². The Hall–Kier alpha value is -2.81. The molecule has 0 saturated heterocycles. The van der Waals surface area contributed by atoms with Crippen LogP contribution in [-0.4, -0.2) is 51.3 Å². The van der Waals surface area contributed by atoms with Gasteiger partial charge in [-0.15, -0.1) is 11.3 Å².